The minimum Gasteiger partial charge on any atom is -0.507 e. The van der Waals surface area contributed by atoms with Gasteiger partial charge in [-0.15, -0.1) is 0 Å². The summed E-state index contributed by atoms with van der Waals surface area (Å²) in [7, 11) is 1.49. The van der Waals surface area contributed by atoms with Crippen molar-refractivity contribution in [3.05, 3.63) is 39.4 Å². The van der Waals surface area contributed by atoms with Crippen LogP contribution < -0.4 is 21.3 Å². The van der Waals surface area contributed by atoms with Gasteiger partial charge in [-0.2, -0.15) is 0 Å². The van der Waals surface area contributed by atoms with Gasteiger partial charge < -0.3 is 25.5 Å². The molecule has 8 nitrogen and oxygen atoms in total. The van der Waals surface area contributed by atoms with E-state index in [-0.39, 0.29) is 35.1 Å². The second kappa shape index (κ2) is 7.75. The van der Waals surface area contributed by atoms with Crippen molar-refractivity contribution in [2.75, 3.05) is 20.2 Å². The molecule has 0 aliphatic rings. The third-order valence-corrected chi connectivity index (χ3v) is 3.68. The van der Waals surface area contributed by atoms with Gasteiger partial charge in [0.25, 0.3) is 5.56 Å². The van der Waals surface area contributed by atoms with E-state index < -0.39 is 0 Å². The van der Waals surface area contributed by atoms with Crippen molar-refractivity contribution in [3.8, 4) is 22.8 Å². The average Bonchev–Trinajstić information content (AvgIpc) is 2.56. The summed E-state index contributed by atoms with van der Waals surface area (Å²) in [5, 5.41) is 12.8. The zero-order valence-electron chi connectivity index (χ0n) is 13.0. The van der Waals surface area contributed by atoms with Gasteiger partial charge in [-0.25, -0.2) is 0 Å². The highest BCUT2D eigenvalue weighted by molar-refractivity contribution is 7.71. The number of nitrogens with two attached hydrogens (primary N) is 1. The molecular formula is C15H18N4O4S. The van der Waals surface area contributed by atoms with Gasteiger partial charge in [0.15, 0.2) is 4.77 Å². The fourth-order valence-electron chi connectivity index (χ4n) is 2.20. The highest BCUT2D eigenvalue weighted by Crippen LogP contribution is 2.31. The molecule has 1 aromatic heterocycles. The molecule has 1 amide bonds. The molecule has 0 atom stereocenters. The Labute approximate surface area is 142 Å². The SMILES string of the molecule is COc1ccc(-c2cc(=O)[nH]c(=S)n2CCNC(=O)CN)c(O)c1. The first-order chi connectivity index (χ1) is 11.5. The highest BCUT2D eigenvalue weighted by Gasteiger charge is 2.12. The number of aromatic amines is 1. The second-order valence-corrected chi connectivity index (χ2v) is 5.30. The molecule has 0 saturated carbocycles. The van der Waals surface area contributed by atoms with Gasteiger partial charge in [0, 0.05) is 30.8 Å². The number of rotatable bonds is 6. The van der Waals surface area contributed by atoms with Crippen LogP contribution in [0.1, 0.15) is 0 Å². The Morgan fingerprint density at radius 3 is 2.83 bits per heavy atom. The van der Waals surface area contributed by atoms with Gasteiger partial charge in [-0.05, 0) is 24.4 Å². The largest absolute Gasteiger partial charge is 0.507 e. The summed E-state index contributed by atoms with van der Waals surface area (Å²) in [6.07, 6.45) is 0. The minimum absolute atomic E-state index is 0.0471. The zero-order valence-corrected chi connectivity index (χ0v) is 13.9. The van der Waals surface area contributed by atoms with E-state index >= 15 is 0 Å². The van der Waals surface area contributed by atoms with Crippen LogP contribution in [-0.4, -0.2) is 40.8 Å². The predicted molar refractivity (Wildman–Crippen MR) is 91.6 cm³/mol. The molecule has 0 bridgehead atoms. The van der Waals surface area contributed by atoms with Crippen LogP contribution in [-0.2, 0) is 11.3 Å². The summed E-state index contributed by atoms with van der Waals surface area (Å²) in [5.41, 5.74) is 5.72. The molecule has 0 aliphatic heterocycles. The maximum absolute atomic E-state index is 11.8. The third-order valence-electron chi connectivity index (χ3n) is 3.36. The van der Waals surface area contributed by atoms with Crippen LogP contribution in [0, 0.1) is 4.77 Å². The molecule has 9 heteroatoms. The summed E-state index contributed by atoms with van der Waals surface area (Å²) >= 11 is 5.19. The normalized spacial score (nSPS) is 10.4. The first-order valence-electron chi connectivity index (χ1n) is 7.14. The number of phenols is 1. The number of aromatic hydroxyl groups is 1. The molecule has 2 rings (SSSR count). The monoisotopic (exact) mass is 350 g/mol. The Morgan fingerprint density at radius 1 is 1.46 bits per heavy atom. The molecule has 0 fully saturated rings. The number of carbonyl (C=O) groups excluding carboxylic acids is 1. The van der Waals surface area contributed by atoms with E-state index in [1.165, 1.54) is 19.2 Å². The van der Waals surface area contributed by atoms with Crippen molar-refractivity contribution in [1.29, 1.82) is 0 Å². The molecule has 5 N–H and O–H groups in total. The van der Waals surface area contributed by atoms with E-state index in [4.69, 9.17) is 22.7 Å². The fourth-order valence-corrected chi connectivity index (χ4v) is 2.49. The summed E-state index contributed by atoms with van der Waals surface area (Å²) in [6.45, 7) is 0.478. The Morgan fingerprint density at radius 2 is 2.21 bits per heavy atom. The first kappa shape index (κ1) is 17.7. The molecule has 0 radical (unpaired) electrons. The Balaban J connectivity index is 2.43. The van der Waals surface area contributed by atoms with E-state index in [0.29, 0.717) is 23.6 Å². The van der Waals surface area contributed by atoms with Gasteiger partial charge in [0.05, 0.1) is 19.3 Å². The van der Waals surface area contributed by atoms with E-state index in [0.717, 1.165) is 0 Å². The fraction of sp³-hybridized carbons (Fsp3) is 0.267. The number of H-pyrrole nitrogens is 1. The molecule has 2 aromatic rings. The number of hydrogen-bond donors (Lipinski definition) is 4. The van der Waals surface area contributed by atoms with E-state index in [1.807, 2.05) is 0 Å². The summed E-state index contributed by atoms with van der Waals surface area (Å²) < 4.78 is 6.86. The first-order valence-corrected chi connectivity index (χ1v) is 7.55. The highest BCUT2D eigenvalue weighted by atomic mass is 32.1. The Hall–Kier alpha value is -2.65. The average molecular weight is 350 g/mol. The lowest BCUT2D eigenvalue weighted by molar-refractivity contribution is -0.119. The molecule has 1 aromatic carbocycles. The summed E-state index contributed by atoms with van der Waals surface area (Å²) in [6, 6.07) is 6.08. The lowest BCUT2D eigenvalue weighted by atomic mass is 10.1. The molecule has 1 heterocycles. The van der Waals surface area contributed by atoms with Crippen molar-refractivity contribution in [2.45, 2.75) is 6.54 Å². The number of carbonyl (C=O) groups is 1. The van der Waals surface area contributed by atoms with Gasteiger partial charge in [0.2, 0.25) is 5.91 Å². The number of hydrogen-bond acceptors (Lipinski definition) is 6. The maximum Gasteiger partial charge on any atom is 0.252 e. The van der Waals surface area contributed by atoms with E-state index in [9.17, 15) is 14.7 Å². The van der Waals surface area contributed by atoms with Crippen molar-refractivity contribution < 1.29 is 14.6 Å². The lowest BCUT2D eigenvalue weighted by Gasteiger charge is -2.15. The number of aromatic nitrogens is 2. The van der Waals surface area contributed by atoms with Crippen molar-refractivity contribution in [3.63, 3.8) is 0 Å². The number of phenolic OH excluding ortho intramolecular Hbond substituents is 1. The molecule has 0 aliphatic carbocycles. The number of methoxy groups -OCH3 is 1. The van der Waals surface area contributed by atoms with Crippen LogP contribution in [0.3, 0.4) is 0 Å². The van der Waals surface area contributed by atoms with Crippen LogP contribution >= 0.6 is 12.2 Å². The van der Waals surface area contributed by atoms with Gasteiger partial charge in [-0.3, -0.25) is 14.6 Å². The zero-order chi connectivity index (χ0) is 17.7. The topological polar surface area (TPSA) is 122 Å². The standard InChI is InChI=1S/C15H18N4O4S/c1-23-9-2-3-10(12(20)6-9)11-7-13(21)18-15(24)19(11)5-4-17-14(22)8-16/h2-3,6-7,20H,4-5,8,16H2,1H3,(H,17,22)(H,18,21,24). The van der Waals surface area contributed by atoms with Crippen LogP contribution in [0.2, 0.25) is 0 Å². The van der Waals surface area contributed by atoms with Crippen LogP contribution in [0.25, 0.3) is 11.3 Å². The van der Waals surface area contributed by atoms with Crippen LogP contribution in [0.4, 0.5) is 0 Å². The number of nitrogens with one attached hydrogen (secondary N) is 2. The smallest absolute Gasteiger partial charge is 0.252 e. The second-order valence-electron chi connectivity index (χ2n) is 4.91. The van der Waals surface area contributed by atoms with Gasteiger partial charge >= 0.3 is 0 Å². The number of benzene rings is 1. The quantitative estimate of drug-likeness (QED) is 0.558. The minimum atomic E-state index is -0.382. The van der Waals surface area contributed by atoms with Crippen molar-refractivity contribution >= 4 is 18.1 Å². The molecule has 24 heavy (non-hydrogen) atoms. The van der Waals surface area contributed by atoms with E-state index in [2.05, 4.69) is 10.3 Å². The molecule has 0 spiro atoms. The summed E-state index contributed by atoms with van der Waals surface area (Å²) in [5.74, 6) is 0.148. The maximum atomic E-state index is 11.8. The van der Waals surface area contributed by atoms with Crippen LogP contribution in [0.5, 0.6) is 11.5 Å². The number of ether oxygens (including phenoxy) is 1. The number of nitrogens with zero attached hydrogens (tertiary/aromatic N) is 1. The third kappa shape index (κ3) is 4.00. The van der Waals surface area contributed by atoms with Gasteiger partial charge in [-0.1, -0.05) is 0 Å². The molecule has 0 unspecified atom stereocenters. The van der Waals surface area contributed by atoms with Crippen molar-refractivity contribution in [1.82, 2.24) is 14.9 Å². The Kier molecular flexibility index (Phi) is 5.72. The van der Waals surface area contributed by atoms with Crippen molar-refractivity contribution in [2.24, 2.45) is 5.73 Å². The van der Waals surface area contributed by atoms with Crippen LogP contribution in [0.15, 0.2) is 29.1 Å². The lowest BCUT2D eigenvalue weighted by Crippen LogP contribution is -2.33. The number of amides is 1. The molecule has 0 saturated heterocycles. The molecular weight excluding hydrogens is 332 g/mol. The predicted octanol–water partition coefficient (Wildman–Crippen LogP) is 0.362. The van der Waals surface area contributed by atoms with Gasteiger partial charge in [0.1, 0.15) is 11.5 Å². The van der Waals surface area contributed by atoms with E-state index in [1.54, 1.807) is 16.7 Å². The summed E-state index contributed by atoms with van der Waals surface area (Å²) in [4.78, 5) is 25.5. The Bertz CT molecular complexity index is 859. The molecule has 128 valence electrons.